The summed E-state index contributed by atoms with van der Waals surface area (Å²) < 4.78 is 5.69. The van der Waals surface area contributed by atoms with Gasteiger partial charge in [0.15, 0.2) is 5.82 Å². The summed E-state index contributed by atoms with van der Waals surface area (Å²) >= 11 is 0. The van der Waals surface area contributed by atoms with E-state index < -0.39 is 0 Å². The SMILES string of the molecule is COc1cc(N2CCC(N(C)C)CC2)c(N)cc1Nc1ncnc(-c2cnc3ccccc3c2)n1. The zero-order chi connectivity index (χ0) is 24.4. The zero-order valence-electron chi connectivity index (χ0n) is 20.3. The molecule has 5 rings (SSSR count). The molecular formula is C26H30N8O. The predicted octanol–water partition coefficient (Wildman–Crippen LogP) is 3.95. The van der Waals surface area contributed by atoms with Crippen LogP contribution < -0.4 is 20.7 Å². The van der Waals surface area contributed by atoms with E-state index >= 15 is 0 Å². The van der Waals surface area contributed by atoms with Crippen LogP contribution >= 0.6 is 0 Å². The molecule has 9 heteroatoms. The number of nitrogens with two attached hydrogens (primary N) is 1. The first kappa shape index (κ1) is 22.8. The normalized spacial score (nSPS) is 14.5. The van der Waals surface area contributed by atoms with Gasteiger partial charge in [0.1, 0.15) is 12.1 Å². The number of ether oxygens (including phenoxy) is 1. The number of aromatic nitrogens is 4. The van der Waals surface area contributed by atoms with Crippen LogP contribution in [0.3, 0.4) is 0 Å². The van der Waals surface area contributed by atoms with Crippen LogP contribution in [-0.4, -0.2) is 65.2 Å². The molecule has 0 unspecified atom stereocenters. The van der Waals surface area contributed by atoms with Gasteiger partial charge in [-0.2, -0.15) is 4.98 Å². The smallest absolute Gasteiger partial charge is 0.230 e. The lowest BCUT2D eigenvalue weighted by Crippen LogP contribution is -2.42. The monoisotopic (exact) mass is 470 g/mol. The van der Waals surface area contributed by atoms with Crippen molar-refractivity contribution in [2.75, 3.05) is 50.2 Å². The molecule has 0 aliphatic carbocycles. The van der Waals surface area contributed by atoms with Gasteiger partial charge >= 0.3 is 0 Å². The summed E-state index contributed by atoms with van der Waals surface area (Å²) in [6, 6.07) is 14.4. The Hall–Kier alpha value is -3.98. The van der Waals surface area contributed by atoms with Gasteiger partial charge < -0.3 is 25.6 Å². The molecule has 0 spiro atoms. The number of benzene rings is 2. The third-order valence-electron chi connectivity index (χ3n) is 6.55. The highest BCUT2D eigenvalue weighted by Gasteiger charge is 2.23. The number of fused-ring (bicyclic) bond motifs is 1. The van der Waals surface area contributed by atoms with Crippen LogP contribution in [-0.2, 0) is 0 Å². The Labute approximate surface area is 205 Å². The summed E-state index contributed by atoms with van der Waals surface area (Å²) in [7, 11) is 5.93. The lowest BCUT2D eigenvalue weighted by molar-refractivity contribution is 0.249. The van der Waals surface area contributed by atoms with E-state index in [2.05, 4.69) is 49.1 Å². The van der Waals surface area contributed by atoms with Crippen molar-refractivity contribution in [1.82, 2.24) is 24.8 Å². The summed E-state index contributed by atoms with van der Waals surface area (Å²) in [4.78, 5) is 22.4. The van der Waals surface area contributed by atoms with Crippen molar-refractivity contribution in [2.45, 2.75) is 18.9 Å². The third kappa shape index (κ3) is 4.81. The second kappa shape index (κ2) is 9.71. The Kier molecular flexibility index (Phi) is 6.33. The second-order valence-corrected chi connectivity index (χ2v) is 8.97. The fraction of sp³-hybridized carbons (Fsp3) is 0.308. The van der Waals surface area contributed by atoms with Crippen LogP contribution in [0.1, 0.15) is 12.8 Å². The molecule has 1 aliphatic rings. The Bertz CT molecular complexity index is 1330. The molecule has 1 fully saturated rings. The van der Waals surface area contributed by atoms with Crippen molar-refractivity contribution < 1.29 is 4.74 Å². The van der Waals surface area contributed by atoms with Crippen molar-refractivity contribution in [3.63, 3.8) is 0 Å². The number of pyridine rings is 1. The Morgan fingerprint density at radius 1 is 1.06 bits per heavy atom. The summed E-state index contributed by atoms with van der Waals surface area (Å²) in [6.07, 6.45) is 5.46. The lowest BCUT2D eigenvalue weighted by Gasteiger charge is -2.37. The highest BCUT2D eigenvalue weighted by Crippen LogP contribution is 2.37. The first-order chi connectivity index (χ1) is 17.0. The number of anilines is 4. The minimum atomic E-state index is 0.403. The molecule has 0 amide bonds. The van der Waals surface area contributed by atoms with E-state index in [1.807, 2.05) is 42.5 Å². The van der Waals surface area contributed by atoms with E-state index in [1.165, 1.54) is 6.33 Å². The van der Waals surface area contributed by atoms with Crippen LogP contribution in [0.5, 0.6) is 5.75 Å². The highest BCUT2D eigenvalue weighted by molar-refractivity contribution is 5.82. The maximum atomic E-state index is 6.49. The van der Waals surface area contributed by atoms with Crippen molar-refractivity contribution in [3.05, 3.63) is 55.0 Å². The summed E-state index contributed by atoms with van der Waals surface area (Å²) in [5, 5.41) is 4.28. The molecule has 35 heavy (non-hydrogen) atoms. The third-order valence-corrected chi connectivity index (χ3v) is 6.55. The van der Waals surface area contributed by atoms with Gasteiger partial charge in [0.25, 0.3) is 0 Å². The molecule has 3 N–H and O–H groups in total. The number of nitrogens with zero attached hydrogens (tertiary/aromatic N) is 6. The Balaban J connectivity index is 1.38. The van der Waals surface area contributed by atoms with Gasteiger partial charge in [-0.15, -0.1) is 0 Å². The average Bonchev–Trinajstić information content (AvgIpc) is 2.89. The first-order valence-corrected chi connectivity index (χ1v) is 11.7. The van der Waals surface area contributed by atoms with Crippen molar-refractivity contribution in [1.29, 1.82) is 0 Å². The number of methoxy groups -OCH3 is 1. The average molecular weight is 471 g/mol. The minimum Gasteiger partial charge on any atom is -0.494 e. The lowest BCUT2D eigenvalue weighted by atomic mass is 10.0. The van der Waals surface area contributed by atoms with Gasteiger partial charge in [-0.25, -0.2) is 9.97 Å². The van der Waals surface area contributed by atoms with E-state index in [1.54, 1.807) is 13.3 Å². The van der Waals surface area contributed by atoms with Crippen molar-refractivity contribution >= 4 is 33.9 Å². The molecule has 2 aromatic heterocycles. The molecule has 2 aromatic carbocycles. The standard InChI is InChI=1S/C26H30N8O/c1-33(2)19-8-10-34(11-9-19)23-14-24(35-3)22(13-20(23)27)31-26-30-16-29-25(32-26)18-12-17-6-4-5-7-21(17)28-15-18/h4-7,12-16,19H,8-11,27H2,1-3H3,(H,29,30,31,32). The number of para-hydroxylation sites is 1. The van der Waals surface area contributed by atoms with Crippen molar-refractivity contribution in [2.24, 2.45) is 0 Å². The van der Waals surface area contributed by atoms with Gasteiger partial charge in [-0.1, -0.05) is 18.2 Å². The van der Waals surface area contributed by atoms with Crippen molar-refractivity contribution in [3.8, 4) is 17.1 Å². The molecule has 9 nitrogen and oxygen atoms in total. The molecule has 4 aromatic rings. The summed E-state index contributed by atoms with van der Waals surface area (Å²) in [5.74, 6) is 1.62. The molecule has 180 valence electrons. The summed E-state index contributed by atoms with van der Waals surface area (Å²) in [6.45, 7) is 1.92. The quantitative estimate of drug-likeness (QED) is 0.405. The van der Waals surface area contributed by atoms with E-state index in [0.29, 0.717) is 34.9 Å². The number of hydrogen-bond acceptors (Lipinski definition) is 9. The second-order valence-electron chi connectivity index (χ2n) is 8.97. The topological polar surface area (TPSA) is 105 Å². The number of nitrogens with one attached hydrogen (secondary N) is 1. The largest absolute Gasteiger partial charge is 0.494 e. The Morgan fingerprint density at radius 2 is 1.86 bits per heavy atom. The number of piperidine rings is 1. The van der Waals surface area contributed by atoms with E-state index in [9.17, 15) is 0 Å². The van der Waals surface area contributed by atoms with Gasteiger partial charge in [-0.05, 0) is 45.1 Å². The fourth-order valence-corrected chi connectivity index (χ4v) is 4.56. The van der Waals surface area contributed by atoms with Crippen LogP contribution in [0.2, 0.25) is 0 Å². The van der Waals surface area contributed by atoms with Crippen LogP contribution in [0, 0.1) is 0 Å². The highest BCUT2D eigenvalue weighted by atomic mass is 16.5. The molecule has 1 aliphatic heterocycles. The molecule has 0 bridgehead atoms. The number of hydrogen-bond donors (Lipinski definition) is 2. The van der Waals surface area contributed by atoms with Crippen LogP contribution in [0.15, 0.2) is 55.0 Å². The molecule has 0 saturated carbocycles. The molecule has 0 atom stereocenters. The molecule has 0 radical (unpaired) electrons. The molecule has 3 heterocycles. The molecule has 1 saturated heterocycles. The number of rotatable bonds is 6. The zero-order valence-corrected chi connectivity index (χ0v) is 20.3. The maximum Gasteiger partial charge on any atom is 0.230 e. The van der Waals surface area contributed by atoms with Crippen LogP contribution in [0.25, 0.3) is 22.3 Å². The Morgan fingerprint density at radius 3 is 2.63 bits per heavy atom. The molecular weight excluding hydrogens is 440 g/mol. The van der Waals surface area contributed by atoms with E-state index in [-0.39, 0.29) is 0 Å². The fourth-order valence-electron chi connectivity index (χ4n) is 4.56. The van der Waals surface area contributed by atoms with Crippen LogP contribution in [0.4, 0.5) is 23.0 Å². The van der Waals surface area contributed by atoms with Gasteiger partial charge in [-0.3, -0.25) is 4.98 Å². The van der Waals surface area contributed by atoms with E-state index in [0.717, 1.165) is 48.1 Å². The van der Waals surface area contributed by atoms with Gasteiger partial charge in [0.2, 0.25) is 5.95 Å². The predicted molar refractivity (Wildman–Crippen MR) is 140 cm³/mol. The van der Waals surface area contributed by atoms with Gasteiger partial charge in [0, 0.05) is 42.3 Å². The van der Waals surface area contributed by atoms with E-state index in [4.69, 9.17) is 10.5 Å². The first-order valence-electron chi connectivity index (χ1n) is 11.7. The maximum absolute atomic E-state index is 6.49. The number of nitrogen functional groups attached to an aromatic ring is 1. The summed E-state index contributed by atoms with van der Waals surface area (Å²) in [5.41, 5.74) is 10.6. The van der Waals surface area contributed by atoms with Gasteiger partial charge in [0.05, 0.1) is 29.7 Å². The minimum absolute atomic E-state index is 0.403.